The van der Waals surface area contributed by atoms with Crippen LogP contribution >= 0.6 is 11.3 Å². The first-order chi connectivity index (χ1) is 11.6. The van der Waals surface area contributed by atoms with Gasteiger partial charge < -0.3 is 9.32 Å². The molecular formula is C17H18N4O2S. The summed E-state index contributed by atoms with van der Waals surface area (Å²) in [6.07, 6.45) is 1.90. The fraction of sp³-hybridized carbons (Fsp3) is 0.353. The van der Waals surface area contributed by atoms with Gasteiger partial charge in [0, 0.05) is 6.54 Å². The first-order valence-electron chi connectivity index (χ1n) is 7.99. The molecule has 0 aliphatic carbocycles. The van der Waals surface area contributed by atoms with Crippen molar-refractivity contribution < 1.29 is 9.21 Å². The van der Waals surface area contributed by atoms with Gasteiger partial charge in [0.1, 0.15) is 10.8 Å². The summed E-state index contributed by atoms with van der Waals surface area (Å²) in [5, 5.41) is 3.75. The predicted molar refractivity (Wildman–Crippen MR) is 93.3 cm³/mol. The van der Waals surface area contributed by atoms with E-state index in [1.807, 2.05) is 36.9 Å². The zero-order valence-corrected chi connectivity index (χ0v) is 14.4. The topological polar surface area (TPSA) is 71.3 Å². The molecule has 1 atom stereocenters. The van der Waals surface area contributed by atoms with Gasteiger partial charge in [-0.25, -0.2) is 9.78 Å². The lowest BCUT2D eigenvalue weighted by Crippen LogP contribution is -2.34. The minimum absolute atomic E-state index is 0.0135. The Bertz CT molecular complexity index is 849. The number of rotatable bonds is 2. The van der Waals surface area contributed by atoms with Crippen LogP contribution in [-0.4, -0.2) is 27.4 Å². The van der Waals surface area contributed by atoms with Crippen LogP contribution in [0.5, 0.6) is 0 Å². The Morgan fingerprint density at radius 1 is 1.33 bits per heavy atom. The van der Waals surface area contributed by atoms with Crippen molar-refractivity contribution in [1.82, 2.24) is 14.9 Å². The number of carbonyl (C=O) groups is 1. The molecule has 24 heavy (non-hydrogen) atoms. The Morgan fingerprint density at radius 3 is 2.92 bits per heavy atom. The predicted octanol–water partition coefficient (Wildman–Crippen LogP) is 4.27. The number of nitrogens with zero attached hydrogens (tertiary/aromatic N) is 3. The molecule has 0 saturated carbocycles. The molecule has 2 amide bonds. The minimum Gasteiger partial charge on any atom is -0.428 e. The number of oxazole rings is 1. The second-order valence-corrected chi connectivity index (χ2v) is 7.02. The average Bonchev–Trinajstić information content (AvgIpc) is 3.26. The fourth-order valence-electron chi connectivity index (χ4n) is 2.99. The Labute approximate surface area is 143 Å². The van der Waals surface area contributed by atoms with Crippen LogP contribution in [0.25, 0.3) is 10.2 Å². The molecule has 124 valence electrons. The van der Waals surface area contributed by atoms with E-state index in [-0.39, 0.29) is 18.1 Å². The highest BCUT2D eigenvalue weighted by atomic mass is 32.1. The summed E-state index contributed by atoms with van der Waals surface area (Å²) in [5.41, 5.74) is 1.78. The summed E-state index contributed by atoms with van der Waals surface area (Å²) >= 11 is 1.66. The third kappa shape index (κ3) is 2.65. The molecule has 3 heterocycles. The van der Waals surface area contributed by atoms with Gasteiger partial charge in [-0.15, -0.1) is 11.3 Å². The van der Waals surface area contributed by atoms with E-state index in [4.69, 9.17) is 9.40 Å². The molecule has 1 unspecified atom stereocenters. The second kappa shape index (κ2) is 5.90. The Balaban J connectivity index is 1.56. The van der Waals surface area contributed by atoms with Crippen molar-refractivity contribution in [3.63, 3.8) is 0 Å². The van der Waals surface area contributed by atoms with Crippen LogP contribution in [0, 0.1) is 13.8 Å². The quantitative estimate of drug-likeness (QED) is 0.755. The largest absolute Gasteiger partial charge is 0.428 e. The number of amides is 2. The van der Waals surface area contributed by atoms with Gasteiger partial charge in [-0.05, 0) is 38.8 Å². The van der Waals surface area contributed by atoms with Crippen molar-refractivity contribution in [2.75, 3.05) is 11.9 Å². The first kappa shape index (κ1) is 15.1. The number of benzene rings is 1. The van der Waals surface area contributed by atoms with E-state index in [9.17, 15) is 4.79 Å². The van der Waals surface area contributed by atoms with E-state index in [1.165, 1.54) is 0 Å². The van der Waals surface area contributed by atoms with E-state index in [2.05, 4.69) is 16.4 Å². The number of hydrogen-bond acceptors (Lipinski definition) is 5. The summed E-state index contributed by atoms with van der Waals surface area (Å²) < 4.78 is 6.60. The summed E-state index contributed by atoms with van der Waals surface area (Å²) in [5.74, 6) is 0.717. The van der Waals surface area contributed by atoms with E-state index < -0.39 is 0 Å². The molecule has 1 aliphatic rings. The molecule has 0 spiro atoms. The standard InChI is InChI=1S/C17H18N4O2S/c1-10-11(2)23-16(18-10)20-17(22)21-9-5-7-13(21)15-19-12-6-3-4-8-14(12)24-15/h3-4,6,8,13H,5,7,9H2,1-2H3,(H,18,20,22). The van der Waals surface area contributed by atoms with Crippen molar-refractivity contribution in [2.24, 2.45) is 0 Å². The van der Waals surface area contributed by atoms with Crippen LogP contribution in [0.2, 0.25) is 0 Å². The van der Waals surface area contributed by atoms with Crippen LogP contribution < -0.4 is 5.32 Å². The number of fused-ring (bicyclic) bond motifs is 1. The SMILES string of the molecule is Cc1nc(NC(=O)N2CCCC2c2nc3ccccc3s2)oc1C. The Hall–Kier alpha value is -2.41. The number of hydrogen-bond donors (Lipinski definition) is 1. The minimum atomic E-state index is -0.182. The summed E-state index contributed by atoms with van der Waals surface area (Å²) in [6, 6.07) is 8.15. The van der Waals surface area contributed by atoms with Gasteiger partial charge in [-0.2, -0.15) is 4.98 Å². The molecule has 4 rings (SSSR count). The summed E-state index contributed by atoms with van der Waals surface area (Å²) in [4.78, 5) is 23.4. The highest BCUT2D eigenvalue weighted by Crippen LogP contribution is 2.36. The van der Waals surface area contributed by atoms with Crippen LogP contribution in [0.3, 0.4) is 0 Å². The molecule has 6 nitrogen and oxygen atoms in total. The second-order valence-electron chi connectivity index (χ2n) is 5.96. The number of urea groups is 1. The maximum Gasteiger partial charge on any atom is 0.326 e. The Kier molecular flexibility index (Phi) is 3.72. The van der Waals surface area contributed by atoms with E-state index in [1.54, 1.807) is 11.3 Å². The number of carbonyl (C=O) groups excluding carboxylic acids is 1. The summed E-state index contributed by atoms with van der Waals surface area (Å²) in [7, 11) is 0. The van der Waals surface area contributed by atoms with E-state index >= 15 is 0 Å². The number of para-hydroxylation sites is 1. The number of anilines is 1. The highest BCUT2D eigenvalue weighted by Gasteiger charge is 2.33. The number of nitrogens with one attached hydrogen (secondary N) is 1. The molecule has 7 heteroatoms. The van der Waals surface area contributed by atoms with Crippen LogP contribution in [-0.2, 0) is 0 Å². The molecule has 0 bridgehead atoms. The molecule has 1 aromatic carbocycles. The lowest BCUT2D eigenvalue weighted by Gasteiger charge is -2.22. The lowest BCUT2D eigenvalue weighted by molar-refractivity contribution is 0.206. The van der Waals surface area contributed by atoms with E-state index in [0.717, 1.165) is 39.5 Å². The maximum absolute atomic E-state index is 12.6. The van der Waals surface area contributed by atoms with Crippen LogP contribution in [0.1, 0.15) is 35.3 Å². The smallest absolute Gasteiger partial charge is 0.326 e. The van der Waals surface area contributed by atoms with Crippen molar-refractivity contribution in [3.05, 3.63) is 40.7 Å². The molecule has 3 aromatic rings. The average molecular weight is 342 g/mol. The number of thiazole rings is 1. The van der Waals surface area contributed by atoms with Gasteiger partial charge >= 0.3 is 12.0 Å². The van der Waals surface area contributed by atoms with Crippen molar-refractivity contribution in [1.29, 1.82) is 0 Å². The zero-order valence-electron chi connectivity index (χ0n) is 13.6. The van der Waals surface area contributed by atoms with Gasteiger partial charge in [0.25, 0.3) is 0 Å². The van der Waals surface area contributed by atoms with E-state index in [0.29, 0.717) is 6.54 Å². The maximum atomic E-state index is 12.6. The van der Waals surface area contributed by atoms with Gasteiger partial charge in [0.05, 0.1) is 22.0 Å². The van der Waals surface area contributed by atoms with Crippen LogP contribution in [0.15, 0.2) is 28.7 Å². The van der Waals surface area contributed by atoms with Gasteiger partial charge in [-0.1, -0.05) is 12.1 Å². The van der Waals surface area contributed by atoms with Gasteiger partial charge in [-0.3, -0.25) is 5.32 Å². The molecule has 1 fully saturated rings. The van der Waals surface area contributed by atoms with Crippen LogP contribution in [0.4, 0.5) is 10.8 Å². The van der Waals surface area contributed by atoms with Gasteiger partial charge in [0.2, 0.25) is 0 Å². The normalized spacial score (nSPS) is 17.6. The zero-order chi connectivity index (χ0) is 16.7. The third-order valence-electron chi connectivity index (χ3n) is 4.35. The number of likely N-dealkylation sites (tertiary alicyclic amines) is 1. The monoisotopic (exact) mass is 342 g/mol. The fourth-order valence-corrected chi connectivity index (χ4v) is 4.10. The van der Waals surface area contributed by atoms with Crippen molar-refractivity contribution in [2.45, 2.75) is 32.7 Å². The number of aromatic nitrogens is 2. The molecule has 1 saturated heterocycles. The molecule has 0 radical (unpaired) electrons. The lowest BCUT2D eigenvalue weighted by atomic mass is 10.2. The molecule has 2 aromatic heterocycles. The molecule has 1 N–H and O–H groups in total. The van der Waals surface area contributed by atoms with Gasteiger partial charge in [0.15, 0.2) is 0 Å². The first-order valence-corrected chi connectivity index (χ1v) is 8.80. The molecular weight excluding hydrogens is 324 g/mol. The number of aryl methyl sites for hydroxylation is 2. The van der Waals surface area contributed by atoms with Crippen molar-refractivity contribution in [3.8, 4) is 0 Å². The molecule has 1 aliphatic heterocycles. The highest BCUT2D eigenvalue weighted by molar-refractivity contribution is 7.18. The van der Waals surface area contributed by atoms with Crippen molar-refractivity contribution >= 4 is 33.6 Å². The third-order valence-corrected chi connectivity index (χ3v) is 5.49. The summed E-state index contributed by atoms with van der Waals surface area (Å²) in [6.45, 7) is 4.40. The Morgan fingerprint density at radius 2 is 2.17 bits per heavy atom.